The van der Waals surface area contributed by atoms with Gasteiger partial charge < -0.3 is 10.4 Å². The number of hydrogen-bond acceptors (Lipinski definition) is 6. The molecule has 2 heterocycles. The number of anilines is 1. The van der Waals surface area contributed by atoms with E-state index in [-0.39, 0.29) is 11.6 Å². The molecule has 1 aliphatic heterocycles. The van der Waals surface area contributed by atoms with Gasteiger partial charge in [0.1, 0.15) is 6.04 Å². The Labute approximate surface area is 148 Å². The van der Waals surface area contributed by atoms with Crippen LogP contribution in [0.5, 0.6) is 0 Å². The van der Waals surface area contributed by atoms with Crippen molar-refractivity contribution in [2.45, 2.75) is 30.2 Å². The summed E-state index contributed by atoms with van der Waals surface area (Å²) in [6, 6.07) is 7.45. The molecule has 0 saturated carbocycles. The Balaban J connectivity index is 1.88. The zero-order chi connectivity index (χ0) is 17.6. The van der Waals surface area contributed by atoms with Crippen LogP contribution in [0.15, 0.2) is 40.4 Å². The van der Waals surface area contributed by atoms with E-state index in [1.807, 2.05) is 30.5 Å². The van der Waals surface area contributed by atoms with Gasteiger partial charge in [0.2, 0.25) is 5.95 Å². The minimum absolute atomic E-state index is 0.0747. The van der Waals surface area contributed by atoms with Gasteiger partial charge >= 0.3 is 5.97 Å². The first kappa shape index (κ1) is 15.9. The number of allylic oxidation sites excluding steroid dienone is 2. The van der Waals surface area contributed by atoms with Gasteiger partial charge in [0.15, 0.2) is 5.78 Å². The van der Waals surface area contributed by atoms with Gasteiger partial charge in [-0.05, 0) is 36.8 Å². The lowest BCUT2D eigenvalue weighted by molar-refractivity contribution is -0.116. The number of fused-ring (bicyclic) bond motifs is 1. The third-order valence-electron chi connectivity index (χ3n) is 4.49. The molecule has 7 nitrogen and oxygen atoms in total. The predicted octanol–water partition coefficient (Wildman–Crippen LogP) is 2.72. The number of benzene rings is 1. The number of carboxylic acids is 1. The Morgan fingerprint density at radius 2 is 2.08 bits per heavy atom. The number of aromatic carboxylic acids is 1. The summed E-state index contributed by atoms with van der Waals surface area (Å²) in [5.74, 6) is -1.03. The maximum absolute atomic E-state index is 12.6. The van der Waals surface area contributed by atoms with Crippen molar-refractivity contribution < 1.29 is 14.7 Å². The van der Waals surface area contributed by atoms with Crippen molar-refractivity contribution in [1.29, 1.82) is 0 Å². The number of nitrogens with one attached hydrogen (secondary N) is 1. The normalized spacial score (nSPS) is 19.2. The first-order valence-electron chi connectivity index (χ1n) is 7.95. The predicted molar refractivity (Wildman–Crippen MR) is 92.9 cm³/mol. The van der Waals surface area contributed by atoms with E-state index in [0.29, 0.717) is 17.9 Å². The topological polar surface area (TPSA) is 97.1 Å². The van der Waals surface area contributed by atoms with E-state index >= 15 is 0 Å². The summed E-state index contributed by atoms with van der Waals surface area (Å²) in [5.41, 5.74) is 2.38. The molecule has 1 aromatic carbocycles. The molecule has 2 N–H and O–H groups in total. The van der Waals surface area contributed by atoms with Crippen LogP contribution in [-0.2, 0) is 4.79 Å². The molecule has 0 fully saturated rings. The third kappa shape index (κ3) is 2.62. The van der Waals surface area contributed by atoms with E-state index in [1.165, 1.54) is 4.68 Å². The van der Waals surface area contributed by atoms with Gasteiger partial charge in [-0.15, -0.1) is 16.9 Å². The SMILES string of the molecule is CSc1ccc([C@@H]2C3=C(CCCC3=O)Nc3nc(C(=O)O)nn32)cc1. The highest BCUT2D eigenvalue weighted by Crippen LogP contribution is 2.40. The fourth-order valence-electron chi connectivity index (χ4n) is 3.34. The molecule has 128 valence electrons. The average molecular weight is 356 g/mol. The first-order chi connectivity index (χ1) is 12.1. The Hall–Kier alpha value is -2.61. The van der Waals surface area contributed by atoms with Crippen LogP contribution in [0.4, 0.5) is 5.95 Å². The van der Waals surface area contributed by atoms with Crippen molar-refractivity contribution in [3.05, 3.63) is 46.9 Å². The second-order valence-corrected chi connectivity index (χ2v) is 6.86. The maximum Gasteiger partial charge on any atom is 0.375 e. The Morgan fingerprint density at radius 1 is 1.32 bits per heavy atom. The average Bonchev–Trinajstić information content (AvgIpc) is 3.04. The van der Waals surface area contributed by atoms with Crippen molar-refractivity contribution in [2.75, 3.05) is 11.6 Å². The van der Waals surface area contributed by atoms with Crippen molar-refractivity contribution in [2.24, 2.45) is 0 Å². The molecule has 0 amide bonds. The molecule has 1 aromatic heterocycles. The van der Waals surface area contributed by atoms with Crippen molar-refractivity contribution in [3.8, 4) is 0 Å². The molecule has 0 unspecified atom stereocenters. The van der Waals surface area contributed by atoms with Crippen LogP contribution < -0.4 is 5.32 Å². The van der Waals surface area contributed by atoms with Crippen LogP contribution in [-0.4, -0.2) is 37.9 Å². The van der Waals surface area contributed by atoms with Crippen molar-refractivity contribution in [1.82, 2.24) is 14.8 Å². The van der Waals surface area contributed by atoms with E-state index in [2.05, 4.69) is 15.4 Å². The summed E-state index contributed by atoms with van der Waals surface area (Å²) in [6.45, 7) is 0. The molecule has 2 aliphatic rings. The molecule has 1 aliphatic carbocycles. The lowest BCUT2D eigenvalue weighted by atomic mass is 9.85. The van der Waals surface area contributed by atoms with Gasteiger partial charge in [-0.25, -0.2) is 9.48 Å². The number of Topliss-reactive ketones (excluding diaryl/α,β-unsaturated/α-hetero) is 1. The highest BCUT2D eigenvalue weighted by atomic mass is 32.2. The second-order valence-electron chi connectivity index (χ2n) is 5.98. The number of rotatable bonds is 3. The van der Waals surface area contributed by atoms with E-state index in [1.54, 1.807) is 11.8 Å². The molecular formula is C17H16N4O3S. The van der Waals surface area contributed by atoms with Crippen LogP contribution >= 0.6 is 11.8 Å². The number of carbonyl (C=O) groups excluding carboxylic acids is 1. The number of nitrogens with zero attached hydrogens (tertiary/aromatic N) is 3. The number of carboxylic acid groups (broad SMARTS) is 1. The van der Waals surface area contributed by atoms with E-state index in [0.717, 1.165) is 29.0 Å². The van der Waals surface area contributed by atoms with Crippen molar-refractivity contribution >= 4 is 29.5 Å². The van der Waals surface area contributed by atoms with Crippen LogP contribution in [0.2, 0.25) is 0 Å². The van der Waals surface area contributed by atoms with E-state index in [4.69, 9.17) is 0 Å². The molecule has 2 aromatic rings. The van der Waals surface area contributed by atoms with Crippen LogP contribution in [0.3, 0.4) is 0 Å². The van der Waals surface area contributed by atoms with Crippen LogP contribution in [0.25, 0.3) is 0 Å². The lowest BCUT2D eigenvalue weighted by Gasteiger charge is -2.32. The fourth-order valence-corrected chi connectivity index (χ4v) is 3.75. The van der Waals surface area contributed by atoms with Crippen LogP contribution in [0, 0.1) is 0 Å². The Bertz CT molecular complexity index is 901. The summed E-state index contributed by atoms with van der Waals surface area (Å²) < 4.78 is 1.51. The number of aromatic nitrogens is 3. The zero-order valence-electron chi connectivity index (χ0n) is 13.5. The minimum atomic E-state index is -1.19. The largest absolute Gasteiger partial charge is 0.475 e. The highest BCUT2D eigenvalue weighted by molar-refractivity contribution is 7.98. The third-order valence-corrected chi connectivity index (χ3v) is 5.23. The monoisotopic (exact) mass is 356 g/mol. The molecule has 0 bridgehead atoms. The molecule has 8 heteroatoms. The molecule has 0 saturated heterocycles. The van der Waals surface area contributed by atoms with Gasteiger partial charge in [-0.3, -0.25) is 4.79 Å². The van der Waals surface area contributed by atoms with Gasteiger partial charge in [-0.1, -0.05) is 12.1 Å². The summed E-state index contributed by atoms with van der Waals surface area (Å²) in [5, 5.41) is 16.5. The number of thioether (sulfide) groups is 1. The standard InChI is InChI=1S/C17H16N4O3S/c1-25-10-7-5-9(6-8-10)14-13-11(3-2-4-12(13)22)18-17-19-15(16(23)24)20-21(14)17/h5-8,14H,2-4H2,1H3,(H,23,24)(H,18,19,20)/t14-/m1/s1. The summed E-state index contributed by atoms with van der Waals surface area (Å²) in [6.07, 6.45) is 4.02. The Kier molecular flexibility index (Phi) is 3.84. The van der Waals surface area contributed by atoms with Gasteiger partial charge in [-0.2, -0.15) is 4.98 Å². The lowest BCUT2D eigenvalue weighted by Crippen LogP contribution is -2.31. The summed E-state index contributed by atoms with van der Waals surface area (Å²) in [7, 11) is 0. The molecule has 4 rings (SSSR count). The number of carbonyl (C=O) groups is 2. The second kappa shape index (κ2) is 6.03. The van der Waals surface area contributed by atoms with Gasteiger partial charge in [0.05, 0.1) is 0 Å². The zero-order valence-corrected chi connectivity index (χ0v) is 14.3. The van der Waals surface area contributed by atoms with E-state index in [9.17, 15) is 14.7 Å². The van der Waals surface area contributed by atoms with Crippen molar-refractivity contribution in [3.63, 3.8) is 0 Å². The smallest absolute Gasteiger partial charge is 0.375 e. The number of hydrogen-bond donors (Lipinski definition) is 2. The van der Waals surface area contributed by atoms with Crippen LogP contribution in [0.1, 0.15) is 41.5 Å². The molecule has 0 radical (unpaired) electrons. The van der Waals surface area contributed by atoms with E-state index < -0.39 is 12.0 Å². The maximum atomic E-state index is 12.6. The van der Waals surface area contributed by atoms with Gasteiger partial charge in [0.25, 0.3) is 5.82 Å². The molecule has 1 atom stereocenters. The fraction of sp³-hybridized carbons (Fsp3) is 0.294. The molecule has 25 heavy (non-hydrogen) atoms. The Morgan fingerprint density at radius 3 is 2.76 bits per heavy atom. The summed E-state index contributed by atoms with van der Waals surface area (Å²) >= 11 is 1.64. The molecule has 0 spiro atoms. The first-order valence-corrected chi connectivity index (χ1v) is 9.18. The minimum Gasteiger partial charge on any atom is -0.475 e. The summed E-state index contributed by atoms with van der Waals surface area (Å²) in [4.78, 5) is 29.1. The van der Waals surface area contributed by atoms with Gasteiger partial charge in [0, 0.05) is 22.6 Å². The number of ketones is 1. The molecular weight excluding hydrogens is 340 g/mol. The quantitative estimate of drug-likeness (QED) is 0.816. The highest BCUT2D eigenvalue weighted by Gasteiger charge is 2.37.